The molecule has 0 radical (unpaired) electrons. The van der Waals surface area contributed by atoms with Crippen LogP contribution >= 0.6 is 0 Å². The first-order chi connectivity index (χ1) is 13.5. The Morgan fingerprint density at radius 3 is 1.57 bits per heavy atom. The average Bonchev–Trinajstić information content (AvgIpc) is 3.47. The van der Waals surface area contributed by atoms with Crippen molar-refractivity contribution in [3.63, 3.8) is 0 Å². The first kappa shape index (κ1) is 19.0. The molecule has 0 spiro atoms. The van der Waals surface area contributed by atoms with Gasteiger partial charge in [-0.2, -0.15) is 0 Å². The van der Waals surface area contributed by atoms with Crippen molar-refractivity contribution < 1.29 is 38.1 Å². The van der Waals surface area contributed by atoms with Crippen LogP contribution in [0.5, 0.6) is 0 Å². The lowest BCUT2D eigenvalue weighted by molar-refractivity contribution is -0.172. The van der Waals surface area contributed by atoms with Crippen LogP contribution in [0, 0.1) is 47.3 Å². The van der Waals surface area contributed by atoms with Crippen molar-refractivity contribution in [3.05, 3.63) is 12.2 Å². The van der Waals surface area contributed by atoms with Crippen molar-refractivity contribution in [2.24, 2.45) is 47.3 Å². The Labute approximate surface area is 162 Å². The summed E-state index contributed by atoms with van der Waals surface area (Å²) in [4.78, 5) is 48.3. The van der Waals surface area contributed by atoms with E-state index in [0.717, 1.165) is 12.8 Å². The molecule has 0 aliphatic heterocycles. The van der Waals surface area contributed by atoms with Gasteiger partial charge in [0.2, 0.25) is 0 Å². The molecule has 3 saturated carbocycles. The Kier molecular flexibility index (Phi) is 4.89. The Hall–Kier alpha value is -2.38. The minimum Gasteiger partial charge on any atom is -0.466 e. The number of fused-ring (bicyclic) bond motifs is 9. The van der Waals surface area contributed by atoms with Gasteiger partial charge in [-0.25, -0.2) is 9.59 Å². The number of carbonyl (C=O) groups excluding carboxylic acids is 4. The molecule has 152 valence electrons. The van der Waals surface area contributed by atoms with Gasteiger partial charge in [-0.05, 0) is 48.3 Å². The Morgan fingerprint density at radius 2 is 1.18 bits per heavy atom. The molecule has 8 unspecified atom stereocenters. The van der Waals surface area contributed by atoms with E-state index in [0.29, 0.717) is 23.7 Å². The number of hydrogen-bond donors (Lipinski definition) is 0. The van der Waals surface area contributed by atoms with Crippen molar-refractivity contribution in [2.75, 3.05) is 27.4 Å². The third-order valence-electron chi connectivity index (χ3n) is 7.09. The molecule has 0 N–H and O–H groups in total. The summed E-state index contributed by atoms with van der Waals surface area (Å²) in [5.74, 6) is -2.11. The fourth-order valence-electron chi connectivity index (χ4n) is 6.25. The van der Waals surface area contributed by atoms with Gasteiger partial charge in [0.05, 0.1) is 26.1 Å². The number of esters is 4. The van der Waals surface area contributed by atoms with Gasteiger partial charge in [-0.3, -0.25) is 9.59 Å². The minimum absolute atomic E-state index is 0.0239. The summed E-state index contributed by atoms with van der Waals surface area (Å²) >= 11 is 0. The van der Waals surface area contributed by atoms with Crippen molar-refractivity contribution in [3.8, 4) is 0 Å². The normalized spacial score (nSPS) is 38.8. The lowest BCUT2D eigenvalue weighted by Crippen LogP contribution is -2.45. The van der Waals surface area contributed by atoms with E-state index in [-0.39, 0.29) is 11.8 Å². The number of ether oxygens (including phenoxy) is 4. The van der Waals surface area contributed by atoms with Gasteiger partial charge in [-0.15, -0.1) is 0 Å². The fraction of sp³-hybridized carbons (Fsp3) is 0.700. The highest BCUT2D eigenvalue weighted by Crippen LogP contribution is 2.68. The van der Waals surface area contributed by atoms with Crippen molar-refractivity contribution in [1.82, 2.24) is 0 Å². The highest BCUT2D eigenvalue weighted by molar-refractivity contribution is 5.86. The number of methoxy groups -OCH3 is 2. The van der Waals surface area contributed by atoms with E-state index in [1.807, 2.05) is 0 Å². The van der Waals surface area contributed by atoms with Gasteiger partial charge in [-0.1, -0.05) is 12.2 Å². The number of allylic oxidation sites excluding steroid dienone is 2. The summed E-state index contributed by atoms with van der Waals surface area (Å²) in [7, 11) is 2.43. The maximum Gasteiger partial charge on any atom is 0.344 e. The van der Waals surface area contributed by atoms with Crippen LogP contribution in [0.1, 0.15) is 12.8 Å². The summed E-state index contributed by atoms with van der Waals surface area (Å²) < 4.78 is 19.3. The number of hydrogen-bond acceptors (Lipinski definition) is 8. The number of carbonyl (C=O) groups is 4. The second-order valence-corrected chi connectivity index (χ2v) is 8.09. The van der Waals surface area contributed by atoms with E-state index in [9.17, 15) is 19.2 Å². The number of rotatable bonds is 6. The molecule has 0 saturated heterocycles. The predicted octanol–water partition coefficient (Wildman–Crippen LogP) is 0.739. The predicted molar refractivity (Wildman–Crippen MR) is 92.2 cm³/mol. The van der Waals surface area contributed by atoms with E-state index in [4.69, 9.17) is 9.47 Å². The summed E-state index contributed by atoms with van der Waals surface area (Å²) in [6.07, 6.45) is 6.29. The van der Waals surface area contributed by atoms with Crippen molar-refractivity contribution >= 4 is 23.9 Å². The van der Waals surface area contributed by atoms with Crippen LogP contribution in [0.15, 0.2) is 12.2 Å². The third kappa shape index (κ3) is 2.89. The molecule has 0 aromatic carbocycles. The third-order valence-corrected chi connectivity index (χ3v) is 7.09. The Bertz CT molecular complexity index is 670. The molecule has 8 nitrogen and oxygen atoms in total. The molecule has 4 aliphatic carbocycles. The van der Waals surface area contributed by atoms with Crippen LogP contribution in [-0.4, -0.2) is 51.3 Å². The Morgan fingerprint density at radius 1 is 0.750 bits per heavy atom. The fourth-order valence-corrected chi connectivity index (χ4v) is 6.25. The quantitative estimate of drug-likeness (QED) is 0.282. The van der Waals surface area contributed by atoms with E-state index < -0.39 is 48.9 Å². The van der Waals surface area contributed by atoms with Crippen LogP contribution in [-0.2, 0) is 38.1 Å². The van der Waals surface area contributed by atoms with Crippen LogP contribution < -0.4 is 0 Å². The molecule has 4 aliphatic rings. The molecule has 4 rings (SSSR count). The molecule has 4 bridgehead atoms. The molecule has 0 aromatic rings. The van der Waals surface area contributed by atoms with Crippen LogP contribution in [0.2, 0.25) is 0 Å². The molecule has 0 amide bonds. The zero-order valence-electron chi connectivity index (χ0n) is 15.9. The zero-order chi connectivity index (χ0) is 20.0. The maximum absolute atomic E-state index is 12.8. The summed E-state index contributed by atoms with van der Waals surface area (Å²) in [5.41, 5.74) is 0. The van der Waals surface area contributed by atoms with Crippen LogP contribution in [0.4, 0.5) is 0 Å². The second-order valence-electron chi connectivity index (χ2n) is 8.09. The highest BCUT2D eigenvalue weighted by Gasteiger charge is 2.68. The molecular weight excluding hydrogens is 368 g/mol. The zero-order valence-corrected chi connectivity index (χ0v) is 15.9. The standard InChI is InChI=1S/C20H24O8/c1-25-13(21)7-27-19(23)17-11-6-12(16-10-4-3-9(5-10)15(11)16)18(17)20(24)28-8-14(22)26-2/h3-4,9-12,15-18H,5-8H2,1-2H3. The average molecular weight is 392 g/mol. The van der Waals surface area contributed by atoms with E-state index in [1.165, 1.54) is 14.2 Å². The van der Waals surface area contributed by atoms with Gasteiger partial charge in [0.25, 0.3) is 0 Å². The maximum atomic E-state index is 12.8. The molecule has 0 heterocycles. The molecule has 28 heavy (non-hydrogen) atoms. The van der Waals surface area contributed by atoms with E-state index in [1.54, 1.807) is 0 Å². The molecular formula is C20H24O8. The monoisotopic (exact) mass is 392 g/mol. The highest BCUT2D eigenvalue weighted by atomic mass is 16.6. The van der Waals surface area contributed by atoms with Crippen LogP contribution in [0.25, 0.3) is 0 Å². The lowest BCUT2D eigenvalue weighted by Gasteiger charge is -2.39. The topological polar surface area (TPSA) is 105 Å². The van der Waals surface area contributed by atoms with E-state index >= 15 is 0 Å². The summed E-state index contributed by atoms with van der Waals surface area (Å²) in [6, 6.07) is 0. The van der Waals surface area contributed by atoms with Gasteiger partial charge in [0.1, 0.15) is 0 Å². The van der Waals surface area contributed by atoms with Gasteiger partial charge in [0.15, 0.2) is 13.2 Å². The minimum atomic E-state index is -0.659. The molecule has 3 fully saturated rings. The first-order valence-electron chi connectivity index (χ1n) is 9.61. The molecule has 8 heteroatoms. The van der Waals surface area contributed by atoms with Gasteiger partial charge >= 0.3 is 23.9 Å². The van der Waals surface area contributed by atoms with Crippen molar-refractivity contribution in [1.29, 1.82) is 0 Å². The van der Waals surface area contributed by atoms with Crippen molar-refractivity contribution in [2.45, 2.75) is 12.8 Å². The van der Waals surface area contributed by atoms with Crippen LogP contribution in [0.3, 0.4) is 0 Å². The van der Waals surface area contributed by atoms with Gasteiger partial charge < -0.3 is 18.9 Å². The lowest BCUT2D eigenvalue weighted by atomic mass is 9.65. The largest absolute Gasteiger partial charge is 0.466 e. The van der Waals surface area contributed by atoms with Gasteiger partial charge in [0, 0.05) is 0 Å². The second kappa shape index (κ2) is 7.22. The first-order valence-corrected chi connectivity index (χ1v) is 9.61. The summed E-state index contributed by atoms with van der Waals surface area (Å²) in [6.45, 7) is -0.958. The van der Waals surface area contributed by atoms with E-state index in [2.05, 4.69) is 21.6 Å². The Balaban J connectivity index is 1.54. The summed E-state index contributed by atoms with van der Waals surface area (Å²) in [5, 5.41) is 0. The SMILES string of the molecule is COC(=O)COC(=O)C1C2CC(C1C(=O)OCC(=O)OC)C1C3C=CC(C3)C21. The molecule has 8 atom stereocenters. The smallest absolute Gasteiger partial charge is 0.344 e. The molecule has 0 aromatic heterocycles.